The average Bonchev–Trinajstić information content (AvgIpc) is 2.73. The minimum atomic E-state index is -1.49. The molecular weight excluding hydrogens is 272 g/mol. The van der Waals surface area contributed by atoms with E-state index in [1.807, 2.05) is 5.32 Å². The number of carboxylic acids is 2. The number of aliphatic carboxylic acids is 2. The maximum absolute atomic E-state index is 11.4. The molecule has 1 aromatic rings. The fourth-order valence-electron chi connectivity index (χ4n) is 1.31. The van der Waals surface area contributed by atoms with Crippen LogP contribution < -0.4 is 10.6 Å². The Hall–Kier alpha value is -2.65. The lowest BCUT2D eigenvalue weighted by Gasteiger charge is -2.12. The van der Waals surface area contributed by atoms with E-state index >= 15 is 0 Å². The van der Waals surface area contributed by atoms with E-state index in [9.17, 15) is 14.4 Å². The first kappa shape index (κ1) is 15.4. The minimum Gasteiger partial charge on any atom is -0.481 e. The first-order valence-electron chi connectivity index (χ1n) is 5.66. The van der Waals surface area contributed by atoms with E-state index in [0.717, 1.165) is 0 Å². The molecule has 0 bridgehead atoms. The third-order valence-electron chi connectivity index (χ3n) is 2.19. The monoisotopic (exact) mass is 286 g/mol. The molecule has 1 atom stereocenters. The number of urea groups is 1. The molecule has 0 saturated carbocycles. The highest BCUT2D eigenvalue weighted by atomic mass is 16.5. The van der Waals surface area contributed by atoms with E-state index in [1.165, 1.54) is 0 Å². The fourth-order valence-corrected chi connectivity index (χ4v) is 1.31. The number of nitrogens with one attached hydrogen (secondary N) is 2. The van der Waals surface area contributed by atoms with Crippen LogP contribution in [0.3, 0.4) is 0 Å². The smallest absolute Gasteiger partial charge is 0.326 e. The fraction of sp³-hybridized carbons (Fsp3) is 0.500. The van der Waals surface area contributed by atoms with E-state index in [0.29, 0.717) is 18.1 Å². The molecule has 0 radical (unpaired) electrons. The number of aryl methyl sites for hydroxylation is 1. The molecule has 1 rings (SSSR count). The molecule has 10 nitrogen and oxygen atoms in total. The first-order valence-corrected chi connectivity index (χ1v) is 5.66. The van der Waals surface area contributed by atoms with E-state index in [2.05, 4.69) is 15.5 Å². The number of aromatic nitrogens is 2. The van der Waals surface area contributed by atoms with Crippen molar-refractivity contribution in [2.45, 2.75) is 25.8 Å². The van der Waals surface area contributed by atoms with Crippen LogP contribution in [0.4, 0.5) is 4.79 Å². The van der Waals surface area contributed by atoms with Crippen molar-refractivity contribution in [2.24, 2.45) is 0 Å². The van der Waals surface area contributed by atoms with Crippen LogP contribution in [-0.4, -0.2) is 50.9 Å². The van der Waals surface area contributed by atoms with Gasteiger partial charge < -0.3 is 25.4 Å². The normalized spacial score (nSPS) is 11.7. The van der Waals surface area contributed by atoms with Gasteiger partial charge in [-0.15, -0.1) is 0 Å². The Kier molecular flexibility index (Phi) is 5.44. The van der Waals surface area contributed by atoms with Crippen molar-refractivity contribution in [3.8, 4) is 0 Å². The number of rotatable bonds is 7. The Labute approximate surface area is 113 Å². The van der Waals surface area contributed by atoms with E-state index < -0.39 is 30.4 Å². The Morgan fingerprint density at radius 1 is 1.35 bits per heavy atom. The van der Waals surface area contributed by atoms with Crippen LogP contribution in [0.2, 0.25) is 0 Å². The second-order valence-corrected chi connectivity index (χ2v) is 3.87. The molecule has 110 valence electrons. The van der Waals surface area contributed by atoms with Gasteiger partial charge in [0.2, 0.25) is 5.89 Å². The van der Waals surface area contributed by atoms with Gasteiger partial charge in [-0.25, -0.2) is 9.59 Å². The van der Waals surface area contributed by atoms with Crippen molar-refractivity contribution in [3.63, 3.8) is 0 Å². The van der Waals surface area contributed by atoms with Crippen molar-refractivity contribution in [3.05, 3.63) is 11.7 Å². The lowest BCUT2D eigenvalue weighted by Crippen LogP contribution is -2.47. The van der Waals surface area contributed by atoms with Gasteiger partial charge in [-0.3, -0.25) is 4.79 Å². The molecule has 0 unspecified atom stereocenters. The molecule has 0 fully saturated rings. The van der Waals surface area contributed by atoms with Crippen molar-refractivity contribution in [1.29, 1.82) is 0 Å². The average molecular weight is 286 g/mol. The number of carbonyl (C=O) groups excluding carboxylic acids is 1. The standard InChI is InChI=1S/C10H14N4O6/c1-5-12-7(14-20-5)2-3-11-10(19)13-6(9(17)18)4-8(15)16/h6H,2-4H2,1H3,(H,15,16)(H,17,18)(H2,11,13,19)/t6-/m1/s1. The summed E-state index contributed by atoms with van der Waals surface area (Å²) in [5, 5.41) is 25.3. The van der Waals surface area contributed by atoms with Crippen LogP contribution in [0.25, 0.3) is 0 Å². The van der Waals surface area contributed by atoms with Gasteiger partial charge in [0.05, 0.1) is 6.42 Å². The SMILES string of the molecule is Cc1nc(CCNC(=O)N[C@H](CC(=O)O)C(=O)O)no1. The van der Waals surface area contributed by atoms with Gasteiger partial charge in [0, 0.05) is 19.9 Å². The third-order valence-corrected chi connectivity index (χ3v) is 2.19. The Morgan fingerprint density at radius 3 is 2.55 bits per heavy atom. The van der Waals surface area contributed by atoms with Gasteiger partial charge in [0.15, 0.2) is 5.82 Å². The Bertz CT molecular complexity index is 500. The van der Waals surface area contributed by atoms with Crippen LogP contribution in [-0.2, 0) is 16.0 Å². The minimum absolute atomic E-state index is 0.157. The van der Waals surface area contributed by atoms with Gasteiger partial charge in [0.1, 0.15) is 6.04 Å². The van der Waals surface area contributed by atoms with Crippen LogP contribution in [0, 0.1) is 6.92 Å². The van der Waals surface area contributed by atoms with Gasteiger partial charge in [-0.1, -0.05) is 5.16 Å². The summed E-state index contributed by atoms with van der Waals surface area (Å²) in [5.74, 6) is -1.93. The zero-order valence-corrected chi connectivity index (χ0v) is 10.6. The molecule has 0 spiro atoms. The van der Waals surface area contributed by atoms with Crippen LogP contribution >= 0.6 is 0 Å². The summed E-state index contributed by atoms with van der Waals surface area (Å²) in [7, 11) is 0. The molecule has 0 aliphatic carbocycles. The molecule has 2 amide bonds. The van der Waals surface area contributed by atoms with Crippen molar-refractivity contribution in [1.82, 2.24) is 20.8 Å². The summed E-state index contributed by atoms with van der Waals surface area (Å²) in [4.78, 5) is 36.5. The second kappa shape index (κ2) is 7.07. The predicted octanol–water partition coefficient (Wildman–Crippen LogP) is -0.852. The van der Waals surface area contributed by atoms with Crippen LogP contribution in [0.5, 0.6) is 0 Å². The molecule has 4 N–H and O–H groups in total. The molecule has 0 saturated heterocycles. The predicted molar refractivity (Wildman–Crippen MR) is 63.0 cm³/mol. The number of amides is 2. The highest BCUT2D eigenvalue weighted by molar-refractivity contribution is 5.86. The van der Waals surface area contributed by atoms with Crippen molar-refractivity contribution in [2.75, 3.05) is 6.54 Å². The molecule has 10 heteroatoms. The quantitative estimate of drug-likeness (QED) is 0.505. The maximum Gasteiger partial charge on any atom is 0.326 e. The topological polar surface area (TPSA) is 155 Å². The summed E-state index contributed by atoms with van der Waals surface area (Å²) in [6.45, 7) is 1.78. The maximum atomic E-state index is 11.4. The van der Waals surface area contributed by atoms with Gasteiger partial charge in [-0.2, -0.15) is 4.98 Å². The molecule has 1 aromatic heterocycles. The second-order valence-electron chi connectivity index (χ2n) is 3.87. The van der Waals surface area contributed by atoms with Gasteiger partial charge in [0.25, 0.3) is 0 Å². The first-order chi connectivity index (χ1) is 9.38. The lowest BCUT2D eigenvalue weighted by atomic mass is 10.2. The van der Waals surface area contributed by atoms with E-state index in [-0.39, 0.29) is 6.54 Å². The summed E-state index contributed by atoms with van der Waals surface area (Å²) in [6, 6.07) is -2.27. The van der Waals surface area contributed by atoms with E-state index in [4.69, 9.17) is 14.7 Å². The van der Waals surface area contributed by atoms with Gasteiger partial charge >= 0.3 is 18.0 Å². The molecule has 1 heterocycles. The van der Waals surface area contributed by atoms with Crippen LogP contribution in [0.1, 0.15) is 18.1 Å². The number of hydrogen-bond donors (Lipinski definition) is 4. The van der Waals surface area contributed by atoms with Gasteiger partial charge in [-0.05, 0) is 0 Å². The summed E-state index contributed by atoms with van der Waals surface area (Å²) in [6.07, 6.45) is -0.395. The largest absolute Gasteiger partial charge is 0.481 e. The third kappa shape index (κ3) is 5.33. The molecule has 0 aromatic carbocycles. The highest BCUT2D eigenvalue weighted by Gasteiger charge is 2.22. The molecule has 20 heavy (non-hydrogen) atoms. The molecular formula is C10H14N4O6. The summed E-state index contributed by atoms with van der Waals surface area (Å²) in [5.41, 5.74) is 0. The van der Waals surface area contributed by atoms with Crippen LogP contribution in [0.15, 0.2) is 4.52 Å². The molecule has 0 aliphatic heterocycles. The zero-order valence-electron chi connectivity index (χ0n) is 10.6. The van der Waals surface area contributed by atoms with E-state index in [1.54, 1.807) is 6.92 Å². The molecule has 0 aliphatic rings. The number of carbonyl (C=O) groups is 3. The highest BCUT2D eigenvalue weighted by Crippen LogP contribution is 1.95. The van der Waals surface area contributed by atoms with Crippen molar-refractivity contribution >= 4 is 18.0 Å². The Balaban J connectivity index is 2.34. The number of carboxylic acid groups (broad SMARTS) is 2. The number of nitrogens with zero attached hydrogens (tertiary/aromatic N) is 2. The Morgan fingerprint density at radius 2 is 2.05 bits per heavy atom. The number of hydrogen-bond acceptors (Lipinski definition) is 6. The summed E-state index contributed by atoms with van der Waals surface area (Å²) < 4.78 is 4.73. The zero-order chi connectivity index (χ0) is 15.1. The van der Waals surface area contributed by atoms with Crippen molar-refractivity contribution < 1.29 is 29.1 Å². The lowest BCUT2D eigenvalue weighted by molar-refractivity contribution is -0.145. The summed E-state index contributed by atoms with van der Waals surface area (Å²) >= 11 is 0.